The van der Waals surface area contributed by atoms with Crippen LogP contribution in [0.4, 0.5) is 5.69 Å². The number of nitrogens with one attached hydrogen (secondary N) is 1. The topological polar surface area (TPSA) is 70.0 Å². The molecule has 1 amide bonds. The van der Waals surface area contributed by atoms with E-state index in [0.29, 0.717) is 23.4 Å². The third-order valence-electron chi connectivity index (χ3n) is 2.78. The second-order valence-corrected chi connectivity index (χ2v) is 5.02. The molecule has 18 heavy (non-hydrogen) atoms. The van der Waals surface area contributed by atoms with Gasteiger partial charge in [-0.25, -0.2) is 0 Å². The first kappa shape index (κ1) is 12.7. The summed E-state index contributed by atoms with van der Waals surface area (Å²) in [5.74, 6) is -0.470. The highest BCUT2D eigenvalue weighted by Crippen LogP contribution is 2.32. The van der Waals surface area contributed by atoms with E-state index in [2.05, 4.69) is 5.32 Å². The highest BCUT2D eigenvalue weighted by molar-refractivity contribution is 8.00. The number of ketones is 1. The first-order valence-electron chi connectivity index (χ1n) is 5.66. The molecule has 1 aliphatic rings. The summed E-state index contributed by atoms with van der Waals surface area (Å²) < 4.78 is 0. The van der Waals surface area contributed by atoms with Crippen LogP contribution in [-0.2, 0) is 4.79 Å². The van der Waals surface area contributed by atoms with Gasteiger partial charge in [-0.15, -0.1) is 11.8 Å². The molecule has 0 radical (unpaired) electrons. The Labute approximate surface area is 109 Å². The molecule has 1 atom stereocenters. The third-order valence-corrected chi connectivity index (χ3v) is 3.85. The van der Waals surface area contributed by atoms with E-state index in [1.807, 2.05) is 19.1 Å². The van der Waals surface area contributed by atoms with Crippen molar-refractivity contribution in [2.24, 2.45) is 5.92 Å². The molecule has 0 saturated carbocycles. The summed E-state index contributed by atoms with van der Waals surface area (Å²) >= 11 is 1.45. The lowest BCUT2D eigenvalue weighted by atomic mass is 9.96. The van der Waals surface area contributed by atoms with E-state index in [9.17, 15) is 9.59 Å². The van der Waals surface area contributed by atoms with Crippen molar-refractivity contribution in [1.29, 1.82) is 5.26 Å². The van der Waals surface area contributed by atoms with Gasteiger partial charge in [0.15, 0.2) is 5.78 Å². The van der Waals surface area contributed by atoms with Crippen LogP contribution in [0.25, 0.3) is 0 Å². The van der Waals surface area contributed by atoms with Crippen LogP contribution in [-0.4, -0.2) is 17.4 Å². The number of amides is 1. The lowest BCUT2D eigenvalue weighted by Gasteiger charge is -2.17. The molecule has 0 saturated heterocycles. The smallest absolute Gasteiger partial charge is 0.234 e. The number of carbonyl (C=O) groups is 2. The number of carbonyl (C=O) groups excluding carboxylic acids is 2. The minimum absolute atomic E-state index is 0.0653. The van der Waals surface area contributed by atoms with Gasteiger partial charge in [0.05, 0.1) is 17.5 Å². The van der Waals surface area contributed by atoms with Crippen molar-refractivity contribution in [3.63, 3.8) is 0 Å². The molecule has 0 aliphatic carbocycles. The predicted octanol–water partition coefficient (Wildman–Crippen LogP) is 2.46. The largest absolute Gasteiger partial charge is 0.324 e. The standard InChI is InChI=1S/C13H12N2O2S/c1-2-8(6-14)13(17)9-3-4-11-10(5-9)15-12(16)7-18-11/h3-5,8H,2,7H2,1H3,(H,15,16). The fourth-order valence-corrected chi connectivity index (χ4v) is 2.56. The van der Waals surface area contributed by atoms with Gasteiger partial charge in [-0.3, -0.25) is 9.59 Å². The second kappa shape index (κ2) is 5.23. The lowest BCUT2D eigenvalue weighted by molar-refractivity contribution is -0.113. The molecule has 1 unspecified atom stereocenters. The quantitative estimate of drug-likeness (QED) is 0.847. The monoisotopic (exact) mass is 260 g/mol. The summed E-state index contributed by atoms with van der Waals surface area (Å²) in [5, 5.41) is 11.6. The van der Waals surface area contributed by atoms with Gasteiger partial charge in [0, 0.05) is 10.5 Å². The van der Waals surface area contributed by atoms with Crippen LogP contribution in [0, 0.1) is 17.2 Å². The summed E-state index contributed by atoms with van der Waals surface area (Å²) in [6.07, 6.45) is 0.494. The van der Waals surface area contributed by atoms with E-state index in [1.165, 1.54) is 11.8 Å². The molecule has 0 bridgehead atoms. The van der Waals surface area contributed by atoms with Gasteiger partial charge in [-0.05, 0) is 18.6 Å². The van der Waals surface area contributed by atoms with Gasteiger partial charge in [0.2, 0.25) is 5.91 Å². The second-order valence-electron chi connectivity index (χ2n) is 4.00. The van der Waals surface area contributed by atoms with Gasteiger partial charge >= 0.3 is 0 Å². The number of thioether (sulfide) groups is 1. The Bertz CT molecular complexity index is 548. The molecule has 5 heteroatoms. The fraction of sp³-hybridized carbons (Fsp3) is 0.308. The third kappa shape index (κ3) is 2.39. The predicted molar refractivity (Wildman–Crippen MR) is 69.5 cm³/mol. The lowest BCUT2D eigenvalue weighted by Crippen LogP contribution is -2.19. The molecule has 0 spiro atoms. The minimum atomic E-state index is -0.616. The van der Waals surface area contributed by atoms with Crippen molar-refractivity contribution in [3.8, 4) is 6.07 Å². The van der Waals surface area contributed by atoms with Crippen LogP contribution in [0.1, 0.15) is 23.7 Å². The number of hydrogen-bond acceptors (Lipinski definition) is 4. The zero-order chi connectivity index (χ0) is 13.1. The zero-order valence-corrected chi connectivity index (χ0v) is 10.7. The molecule has 1 aromatic rings. The fourth-order valence-electron chi connectivity index (χ4n) is 1.77. The summed E-state index contributed by atoms with van der Waals surface area (Å²) in [5.41, 5.74) is 1.14. The molecule has 92 valence electrons. The Morgan fingerprint density at radius 3 is 3.06 bits per heavy atom. The molecule has 2 rings (SSSR count). The molecule has 1 N–H and O–H groups in total. The molecule has 0 fully saturated rings. The molecule has 1 aliphatic heterocycles. The molecule has 0 aromatic heterocycles. The van der Waals surface area contributed by atoms with Gasteiger partial charge < -0.3 is 5.32 Å². The van der Waals surface area contributed by atoms with Crippen molar-refractivity contribution < 1.29 is 9.59 Å². The van der Waals surface area contributed by atoms with Crippen molar-refractivity contribution in [2.75, 3.05) is 11.1 Å². The van der Waals surface area contributed by atoms with Crippen molar-refractivity contribution in [2.45, 2.75) is 18.2 Å². The minimum Gasteiger partial charge on any atom is -0.324 e. The van der Waals surface area contributed by atoms with E-state index >= 15 is 0 Å². The average Bonchev–Trinajstić information content (AvgIpc) is 2.39. The summed E-state index contributed by atoms with van der Waals surface area (Å²) in [7, 11) is 0. The van der Waals surface area contributed by atoms with Crippen molar-refractivity contribution in [1.82, 2.24) is 0 Å². The van der Waals surface area contributed by atoms with Crippen molar-refractivity contribution in [3.05, 3.63) is 23.8 Å². The Morgan fingerprint density at radius 1 is 1.61 bits per heavy atom. The van der Waals surface area contributed by atoms with Crippen LogP contribution in [0.15, 0.2) is 23.1 Å². The van der Waals surface area contributed by atoms with Crippen LogP contribution in [0.5, 0.6) is 0 Å². The maximum atomic E-state index is 12.0. The number of rotatable bonds is 3. The van der Waals surface area contributed by atoms with E-state index < -0.39 is 5.92 Å². The van der Waals surface area contributed by atoms with Crippen molar-refractivity contribution >= 4 is 29.1 Å². The SMILES string of the molecule is CCC(C#N)C(=O)c1ccc2c(c1)NC(=O)CS2. The zero-order valence-electron chi connectivity index (χ0n) is 9.90. The highest BCUT2D eigenvalue weighted by Gasteiger charge is 2.21. The summed E-state index contributed by atoms with van der Waals surface area (Å²) in [6.45, 7) is 1.81. The first-order valence-corrected chi connectivity index (χ1v) is 6.64. The normalized spacial score (nSPS) is 15.2. The Kier molecular flexibility index (Phi) is 3.68. The van der Waals surface area contributed by atoms with Gasteiger partial charge in [0.1, 0.15) is 5.92 Å². The summed E-state index contributed by atoms with van der Waals surface area (Å²) in [4.78, 5) is 24.3. The number of nitrogens with zero attached hydrogens (tertiary/aromatic N) is 1. The number of anilines is 1. The number of fused-ring (bicyclic) bond motifs is 1. The van der Waals surface area contributed by atoms with Gasteiger partial charge in [0.25, 0.3) is 0 Å². The summed E-state index contributed by atoms with van der Waals surface area (Å²) in [6, 6.07) is 7.18. The van der Waals surface area contributed by atoms with Gasteiger partial charge in [-0.2, -0.15) is 5.26 Å². The molecular formula is C13H12N2O2S. The Balaban J connectivity index is 2.31. The average molecular weight is 260 g/mol. The number of hydrogen-bond donors (Lipinski definition) is 1. The molecule has 1 heterocycles. The number of Topliss-reactive ketones (excluding diaryl/α,β-unsaturated/α-hetero) is 1. The highest BCUT2D eigenvalue weighted by atomic mass is 32.2. The maximum Gasteiger partial charge on any atom is 0.234 e. The molecular weight excluding hydrogens is 248 g/mol. The van der Waals surface area contributed by atoms with Crippen LogP contribution < -0.4 is 5.32 Å². The van der Waals surface area contributed by atoms with E-state index in [-0.39, 0.29) is 11.7 Å². The first-order chi connectivity index (χ1) is 8.65. The number of benzene rings is 1. The van der Waals surface area contributed by atoms with E-state index in [4.69, 9.17) is 5.26 Å². The molecule has 4 nitrogen and oxygen atoms in total. The van der Waals surface area contributed by atoms with Crippen LogP contribution in [0.3, 0.4) is 0 Å². The maximum absolute atomic E-state index is 12.0. The van der Waals surface area contributed by atoms with Crippen LogP contribution >= 0.6 is 11.8 Å². The Morgan fingerprint density at radius 2 is 2.39 bits per heavy atom. The van der Waals surface area contributed by atoms with E-state index in [0.717, 1.165) is 4.90 Å². The molecule has 1 aromatic carbocycles. The van der Waals surface area contributed by atoms with E-state index in [1.54, 1.807) is 12.1 Å². The number of nitriles is 1. The Hall–Kier alpha value is -1.80. The van der Waals surface area contributed by atoms with Crippen LogP contribution in [0.2, 0.25) is 0 Å². The van der Waals surface area contributed by atoms with Gasteiger partial charge in [-0.1, -0.05) is 13.0 Å².